The number of nitrogen functional groups attached to an aromatic ring is 1. The van der Waals surface area contributed by atoms with Crippen LogP contribution in [0.4, 0.5) is 19.0 Å². The molecule has 1 unspecified atom stereocenters. The van der Waals surface area contributed by atoms with Gasteiger partial charge in [-0.15, -0.1) is 0 Å². The molecule has 2 aromatic heterocycles. The fraction of sp³-hybridized carbons (Fsp3) is 0.235. The highest BCUT2D eigenvalue weighted by atomic mass is 19.3. The van der Waals surface area contributed by atoms with Crippen LogP contribution in [0.1, 0.15) is 11.1 Å². The summed E-state index contributed by atoms with van der Waals surface area (Å²) >= 11 is 0. The lowest BCUT2D eigenvalue weighted by molar-refractivity contribution is -0.211. The van der Waals surface area contributed by atoms with Crippen molar-refractivity contribution in [2.75, 3.05) is 5.73 Å². The Hall–Kier alpha value is -2.98. The van der Waals surface area contributed by atoms with Crippen molar-refractivity contribution in [2.24, 2.45) is 0 Å². The van der Waals surface area contributed by atoms with E-state index < -0.39 is 23.9 Å². The maximum absolute atomic E-state index is 13.4. The summed E-state index contributed by atoms with van der Waals surface area (Å²) in [5.41, 5.74) is 3.13. The normalized spacial score (nSPS) is 14.9. The third kappa shape index (κ3) is 3.24. The number of anilines is 1. The number of aliphatic hydroxyl groups excluding tert-OH is 1. The molecule has 0 fully saturated rings. The average Bonchev–Trinajstić information content (AvgIpc) is 3.16. The number of aliphatic hydroxyl groups is 2. The predicted molar refractivity (Wildman–Crippen MR) is 90.8 cm³/mol. The fourth-order valence-electron chi connectivity index (χ4n) is 2.60. The van der Waals surface area contributed by atoms with E-state index in [0.717, 1.165) is 12.1 Å². The number of nitrogens with two attached hydrogens (primary N) is 1. The van der Waals surface area contributed by atoms with Crippen molar-refractivity contribution in [1.82, 2.24) is 19.7 Å². The van der Waals surface area contributed by atoms with Crippen LogP contribution in [0.5, 0.6) is 0 Å². The summed E-state index contributed by atoms with van der Waals surface area (Å²) in [6, 6.07) is 5.32. The maximum atomic E-state index is 13.4. The molecule has 10 heteroatoms. The topological polar surface area (TPSA) is 110 Å². The number of rotatable bonds is 5. The Balaban J connectivity index is 2.15. The molecule has 0 amide bonds. The van der Waals surface area contributed by atoms with Gasteiger partial charge in [0.15, 0.2) is 11.6 Å². The molecule has 0 spiro atoms. The summed E-state index contributed by atoms with van der Waals surface area (Å²) in [4.78, 5) is 8.38. The molecule has 3 aromatic rings. The Bertz CT molecular complexity index is 940. The molecule has 3 rings (SSSR count). The molecule has 1 aromatic carbocycles. The summed E-state index contributed by atoms with van der Waals surface area (Å²) in [5, 5.41) is 23.1. The molecule has 0 radical (unpaired) electrons. The zero-order chi connectivity index (χ0) is 19.8. The van der Waals surface area contributed by atoms with Gasteiger partial charge in [-0.3, -0.25) is 0 Å². The maximum Gasteiger partial charge on any atom is 0.276 e. The molecule has 142 valence electrons. The van der Waals surface area contributed by atoms with Gasteiger partial charge in [0.05, 0.1) is 11.9 Å². The molecular formula is C17H16F3N5O2. The highest BCUT2D eigenvalue weighted by Gasteiger charge is 2.47. The number of aromatic nitrogens is 4. The molecule has 0 aliphatic heterocycles. The Morgan fingerprint density at radius 2 is 2.00 bits per heavy atom. The van der Waals surface area contributed by atoms with Gasteiger partial charge in [-0.25, -0.2) is 27.8 Å². The molecule has 7 nitrogen and oxygen atoms in total. The summed E-state index contributed by atoms with van der Waals surface area (Å²) in [6.45, 7) is 1.68. The van der Waals surface area contributed by atoms with Crippen LogP contribution in [0.2, 0.25) is 0 Å². The summed E-state index contributed by atoms with van der Waals surface area (Å²) in [7, 11) is 0. The Morgan fingerprint density at radius 3 is 2.59 bits per heavy atom. The highest BCUT2D eigenvalue weighted by Crippen LogP contribution is 2.36. The minimum atomic E-state index is -3.55. The molecule has 0 aliphatic carbocycles. The Kier molecular flexibility index (Phi) is 4.85. The zero-order valence-electron chi connectivity index (χ0n) is 14.1. The number of alkyl halides is 3. The molecule has 0 saturated carbocycles. The lowest BCUT2D eigenvalue weighted by Gasteiger charge is -2.28. The van der Waals surface area contributed by atoms with E-state index in [4.69, 9.17) is 10.8 Å². The van der Waals surface area contributed by atoms with Gasteiger partial charge in [0, 0.05) is 18.0 Å². The standard InChI is InChI=1S/C17H16F3N5O2/c1-9-3-4-10(17(27,15(18)19)16(20)26)7-11(9)12-8-22-13(21)14(24-12)25-6-2-5-23-25/h2-8,15-16,26-27H,1H3,(H2,21,22)/t16-,17?/m1/s1. The molecule has 27 heavy (non-hydrogen) atoms. The zero-order valence-corrected chi connectivity index (χ0v) is 14.1. The van der Waals surface area contributed by atoms with E-state index in [1.54, 1.807) is 19.2 Å². The molecule has 4 N–H and O–H groups in total. The molecule has 0 bridgehead atoms. The van der Waals surface area contributed by atoms with Gasteiger partial charge in [0.1, 0.15) is 0 Å². The van der Waals surface area contributed by atoms with E-state index in [1.807, 2.05) is 0 Å². The van der Waals surface area contributed by atoms with Gasteiger partial charge in [0.2, 0.25) is 12.0 Å². The van der Waals surface area contributed by atoms with Crippen molar-refractivity contribution < 1.29 is 23.4 Å². The average molecular weight is 379 g/mol. The van der Waals surface area contributed by atoms with Crippen LogP contribution >= 0.6 is 0 Å². The van der Waals surface area contributed by atoms with Crippen molar-refractivity contribution in [2.45, 2.75) is 25.3 Å². The van der Waals surface area contributed by atoms with Gasteiger partial charge in [-0.1, -0.05) is 12.1 Å². The third-order valence-corrected chi connectivity index (χ3v) is 4.17. The second-order valence-corrected chi connectivity index (χ2v) is 5.91. The number of halogens is 3. The van der Waals surface area contributed by atoms with Crippen LogP contribution in [-0.4, -0.2) is 42.7 Å². The highest BCUT2D eigenvalue weighted by molar-refractivity contribution is 5.66. The number of benzene rings is 1. The van der Waals surface area contributed by atoms with Crippen molar-refractivity contribution in [1.29, 1.82) is 0 Å². The van der Waals surface area contributed by atoms with Crippen molar-refractivity contribution in [3.63, 3.8) is 0 Å². The molecular weight excluding hydrogens is 363 g/mol. The second-order valence-electron chi connectivity index (χ2n) is 5.91. The van der Waals surface area contributed by atoms with Gasteiger partial charge >= 0.3 is 0 Å². The minimum Gasteiger partial charge on any atom is -0.381 e. The summed E-state index contributed by atoms with van der Waals surface area (Å²) in [6.07, 6.45) is -2.29. The number of hydrogen-bond acceptors (Lipinski definition) is 6. The van der Waals surface area contributed by atoms with Gasteiger partial charge < -0.3 is 15.9 Å². The van der Waals surface area contributed by atoms with Crippen LogP contribution < -0.4 is 5.73 Å². The number of nitrogens with zero attached hydrogens (tertiary/aromatic N) is 4. The van der Waals surface area contributed by atoms with Gasteiger partial charge in [-0.2, -0.15) is 5.10 Å². The summed E-state index contributed by atoms with van der Waals surface area (Å²) < 4.78 is 41.3. The van der Waals surface area contributed by atoms with E-state index >= 15 is 0 Å². The van der Waals surface area contributed by atoms with Crippen LogP contribution in [0.3, 0.4) is 0 Å². The smallest absolute Gasteiger partial charge is 0.276 e. The third-order valence-electron chi connectivity index (χ3n) is 4.17. The lowest BCUT2D eigenvalue weighted by Crippen LogP contribution is -2.43. The fourth-order valence-corrected chi connectivity index (χ4v) is 2.60. The lowest BCUT2D eigenvalue weighted by atomic mass is 9.90. The van der Waals surface area contributed by atoms with Crippen LogP contribution in [-0.2, 0) is 5.60 Å². The largest absolute Gasteiger partial charge is 0.381 e. The van der Waals surface area contributed by atoms with Crippen LogP contribution in [0.25, 0.3) is 17.1 Å². The Morgan fingerprint density at radius 1 is 1.26 bits per heavy atom. The van der Waals surface area contributed by atoms with Crippen molar-refractivity contribution >= 4 is 5.82 Å². The SMILES string of the molecule is Cc1ccc(C(O)(C(F)F)[C@@H](O)F)cc1-c1cnc(N)c(-n2cccn2)n1. The van der Waals surface area contributed by atoms with E-state index in [-0.39, 0.29) is 17.3 Å². The van der Waals surface area contributed by atoms with Crippen LogP contribution in [0.15, 0.2) is 42.9 Å². The summed E-state index contributed by atoms with van der Waals surface area (Å²) in [5.74, 6) is 0.316. The monoisotopic (exact) mass is 379 g/mol. The van der Waals surface area contributed by atoms with Gasteiger partial charge in [0.25, 0.3) is 6.43 Å². The van der Waals surface area contributed by atoms with Gasteiger partial charge in [-0.05, 0) is 30.2 Å². The number of aryl methyl sites for hydroxylation is 1. The Labute approximate surface area is 151 Å². The van der Waals surface area contributed by atoms with Crippen molar-refractivity contribution in [3.05, 3.63) is 54.0 Å². The second kappa shape index (κ2) is 6.97. The predicted octanol–water partition coefficient (Wildman–Crippen LogP) is 1.96. The molecule has 2 atom stereocenters. The molecule has 2 heterocycles. The van der Waals surface area contributed by atoms with Crippen molar-refractivity contribution in [3.8, 4) is 17.1 Å². The first-order valence-electron chi connectivity index (χ1n) is 7.81. The minimum absolute atomic E-state index is 0.0968. The van der Waals surface area contributed by atoms with E-state index in [9.17, 15) is 18.3 Å². The molecule has 0 saturated heterocycles. The van der Waals surface area contributed by atoms with E-state index in [2.05, 4.69) is 15.1 Å². The first-order chi connectivity index (χ1) is 12.7. The first-order valence-corrected chi connectivity index (χ1v) is 7.81. The van der Waals surface area contributed by atoms with Crippen LogP contribution in [0, 0.1) is 6.92 Å². The number of hydrogen-bond donors (Lipinski definition) is 3. The first kappa shape index (κ1) is 18.8. The van der Waals surface area contributed by atoms with E-state index in [0.29, 0.717) is 11.1 Å². The molecule has 0 aliphatic rings. The quantitative estimate of drug-likeness (QED) is 0.625. The van der Waals surface area contributed by atoms with E-state index in [1.165, 1.54) is 23.1 Å².